The molecule has 0 aliphatic rings. The fourth-order valence-corrected chi connectivity index (χ4v) is 2.02. The maximum atomic E-state index is 5.68. The molecule has 1 aromatic carbocycles. The predicted octanol–water partition coefficient (Wildman–Crippen LogP) is 2.82. The second-order valence-electron chi connectivity index (χ2n) is 5.54. The molecule has 0 unspecified atom stereocenters. The van der Waals surface area contributed by atoms with Crippen molar-refractivity contribution in [1.29, 1.82) is 0 Å². The molecule has 20 heavy (non-hydrogen) atoms. The van der Waals surface area contributed by atoms with Gasteiger partial charge in [0.05, 0.1) is 6.42 Å². The van der Waals surface area contributed by atoms with Gasteiger partial charge in [-0.1, -0.05) is 32.0 Å². The highest BCUT2D eigenvalue weighted by atomic mass is 16.4. The highest BCUT2D eigenvalue weighted by Crippen LogP contribution is 2.13. The molecule has 0 fully saturated rings. The number of nitrogens with zero attached hydrogens (tertiary/aromatic N) is 2. The van der Waals surface area contributed by atoms with Crippen LogP contribution in [0.2, 0.25) is 0 Å². The molecule has 0 amide bonds. The number of benzene rings is 1. The van der Waals surface area contributed by atoms with E-state index in [9.17, 15) is 0 Å². The van der Waals surface area contributed by atoms with Gasteiger partial charge in [0.15, 0.2) is 0 Å². The quantitative estimate of drug-likeness (QED) is 0.879. The number of nitrogens with one attached hydrogen (secondary N) is 1. The average molecular weight is 273 g/mol. The van der Waals surface area contributed by atoms with Crippen LogP contribution in [0.15, 0.2) is 22.6 Å². The van der Waals surface area contributed by atoms with Gasteiger partial charge < -0.3 is 9.73 Å². The summed E-state index contributed by atoms with van der Waals surface area (Å²) in [5.74, 6) is 1.39. The number of rotatable bonds is 6. The molecule has 2 aromatic rings. The minimum Gasteiger partial charge on any atom is -0.425 e. The summed E-state index contributed by atoms with van der Waals surface area (Å²) in [5.41, 5.74) is 3.81. The first-order valence-electron chi connectivity index (χ1n) is 7.15. The Morgan fingerprint density at radius 3 is 2.55 bits per heavy atom. The Labute approximate surface area is 120 Å². The van der Waals surface area contributed by atoms with Crippen LogP contribution in [0.1, 0.15) is 42.3 Å². The van der Waals surface area contributed by atoms with Crippen molar-refractivity contribution in [1.82, 2.24) is 15.5 Å². The lowest BCUT2D eigenvalue weighted by atomic mass is 10.0. The Morgan fingerprint density at radius 1 is 1.10 bits per heavy atom. The molecular weight excluding hydrogens is 250 g/mol. The normalized spacial score (nSPS) is 11.2. The van der Waals surface area contributed by atoms with Crippen LogP contribution in [0.5, 0.6) is 0 Å². The zero-order valence-corrected chi connectivity index (χ0v) is 12.7. The van der Waals surface area contributed by atoms with Crippen LogP contribution in [0, 0.1) is 13.8 Å². The second kappa shape index (κ2) is 6.66. The molecule has 1 heterocycles. The van der Waals surface area contributed by atoms with Crippen molar-refractivity contribution < 1.29 is 4.42 Å². The summed E-state index contributed by atoms with van der Waals surface area (Å²) in [5, 5.41) is 11.5. The first-order valence-corrected chi connectivity index (χ1v) is 7.15. The third kappa shape index (κ3) is 4.17. The predicted molar refractivity (Wildman–Crippen MR) is 79.9 cm³/mol. The van der Waals surface area contributed by atoms with Gasteiger partial charge in [0.25, 0.3) is 0 Å². The van der Waals surface area contributed by atoms with Crippen LogP contribution in [0.3, 0.4) is 0 Å². The monoisotopic (exact) mass is 273 g/mol. The molecule has 0 saturated carbocycles. The van der Waals surface area contributed by atoms with Crippen LogP contribution in [0.4, 0.5) is 0 Å². The maximum absolute atomic E-state index is 5.68. The average Bonchev–Trinajstić information content (AvgIpc) is 2.81. The summed E-state index contributed by atoms with van der Waals surface area (Å²) in [6, 6.07) is 6.91. The third-order valence-electron chi connectivity index (χ3n) is 3.33. The first kappa shape index (κ1) is 14.7. The topological polar surface area (TPSA) is 51.0 Å². The van der Waals surface area contributed by atoms with Crippen molar-refractivity contribution >= 4 is 0 Å². The lowest BCUT2D eigenvalue weighted by Crippen LogP contribution is -2.25. The van der Waals surface area contributed by atoms with Gasteiger partial charge in [-0.2, -0.15) is 0 Å². The molecule has 1 aromatic heterocycles. The van der Waals surface area contributed by atoms with E-state index in [1.807, 2.05) is 0 Å². The van der Waals surface area contributed by atoms with Gasteiger partial charge in [0.2, 0.25) is 11.8 Å². The van der Waals surface area contributed by atoms with E-state index in [1.54, 1.807) is 0 Å². The molecule has 0 spiro atoms. The van der Waals surface area contributed by atoms with E-state index in [0.717, 1.165) is 13.0 Å². The fraction of sp³-hybridized carbons (Fsp3) is 0.500. The molecule has 0 saturated heterocycles. The summed E-state index contributed by atoms with van der Waals surface area (Å²) in [4.78, 5) is 0. The van der Waals surface area contributed by atoms with E-state index >= 15 is 0 Å². The standard InChI is InChI=1S/C16H23N3O/c1-11(2)17-8-7-15-18-19-16(20-15)10-14-6-5-12(3)13(4)9-14/h5-6,9,11,17H,7-8,10H2,1-4H3. The van der Waals surface area contributed by atoms with Gasteiger partial charge in [-0.05, 0) is 30.5 Å². The first-order chi connectivity index (χ1) is 9.54. The van der Waals surface area contributed by atoms with E-state index in [0.29, 0.717) is 24.2 Å². The summed E-state index contributed by atoms with van der Waals surface area (Å²) < 4.78 is 5.68. The Morgan fingerprint density at radius 2 is 1.85 bits per heavy atom. The largest absolute Gasteiger partial charge is 0.425 e. The van der Waals surface area contributed by atoms with Gasteiger partial charge >= 0.3 is 0 Å². The van der Waals surface area contributed by atoms with E-state index in [4.69, 9.17) is 4.42 Å². The van der Waals surface area contributed by atoms with Gasteiger partial charge in [-0.15, -0.1) is 10.2 Å². The molecule has 4 nitrogen and oxygen atoms in total. The summed E-state index contributed by atoms with van der Waals surface area (Å²) in [6.07, 6.45) is 1.48. The Balaban J connectivity index is 1.93. The summed E-state index contributed by atoms with van der Waals surface area (Å²) >= 11 is 0. The maximum Gasteiger partial charge on any atom is 0.220 e. The minimum atomic E-state index is 0.480. The smallest absolute Gasteiger partial charge is 0.220 e. The molecule has 0 aliphatic heterocycles. The molecule has 2 rings (SSSR count). The van der Waals surface area contributed by atoms with Gasteiger partial charge in [0, 0.05) is 19.0 Å². The number of hydrogen-bond donors (Lipinski definition) is 1. The molecule has 0 atom stereocenters. The van der Waals surface area contributed by atoms with E-state index < -0.39 is 0 Å². The van der Waals surface area contributed by atoms with Crippen molar-refractivity contribution in [3.8, 4) is 0 Å². The van der Waals surface area contributed by atoms with Gasteiger partial charge in [-0.3, -0.25) is 0 Å². The Kier molecular flexibility index (Phi) is 4.90. The Hall–Kier alpha value is -1.68. The molecule has 108 valence electrons. The van der Waals surface area contributed by atoms with Gasteiger partial charge in [0.1, 0.15) is 0 Å². The minimum absolute atomic E-state index is 0.480. The third-order valence-corrected chi connectivity index (χ3v) is 3.33. The summed E-state index contributed by atoms with van der Waals surface area (Å²) in [6.45, 7) is 9.35. The number of aryl methyl sites for hydroxylation is 2. The zero-order chi connectivity index (χ0) is 14.5. The van der Waals surface area contributed by atoms with Crippen LogP contribution in [0.25, 0.3) is 0 Å². The van der Waals surface area contributed by atoms with Crippen LogP contribution in [-0.2, 0) is 12.8 Å². The number of aromatic nitrogens is 2. The fourth-order valence-electron chi connectivity index (χ4n) is 2.02. The van der Waals surface area contributed by atoms with Crippen molar-refractivity contribution in [2.45, 2.75) is 46.6 Å². The van der Waals surface area contributed by atoms with E-state index in [2.05, 4.69) is 61.4 Å². The van der Waals surface area contributed by atoms with Crippen molar-refractivity contribution in [2.75, 3.05) is 6.54 Å². The SMILES string of the molecule is Cc1ccc(Cc2nnc(CCNC(C)C)o2)cc1C. The lowest BCUT2D eigenvalue weighted by Gasteiger charge is -2.05. The van der Waals surface area contributed by atoms with Crippen molar-refractivity contribution in [3.05, 3.63) is 46.7 Å². The zero-order valence-electron chi connectivity index (χ0n) is 12.7. The molecule has 0 aliphatic carbocycles. The van der Waals surface area contributed by atoms with Gasteiger partial charge in [-0.25, -0.2) is 0 Å². The molecule has 4 heteroatoms. The molecule has 0 bridgehead atoms. The van der Waals surface area contributed by atoms with Crippen LogP contribution >= 0.6 is 0 Å². The Bertz CT molecular complexity index is 561. The van der Waals surface area contributed by atoms with Crippen LogP contribution in [-0.4, -0.2) is 22.8 Å². The highest BCUT2D eigenvalue weighted by Gasteiger charge is 2.07. The molecular formula is C16H23N3O. The molecule has 1 N–H and O–H groups in total. The highest BCUT2D eigenvalue weighted by molar-refractivity contribution is 5.31. The van der Waals surface area contributed by atoms with Crippen molar-refractivity contribution in [3.63, 3.8) is 0 Å². The molecule has 0 radical (unpaired) electrons. The summed E-state index contributed by atoms with van der Waals surface area (Å²) in [7, 11) is 0. The number of hydrogen-bond acceptors (Lipinski definition) is 4. The van der Waals surface area contributed by atoms with E-state index in [1.165, 1.54) is 16.7 Å². The second-order valence-corrected chi connectivity index (χ2v) is 5.54. The van der Waals surface area contributed by atoms with E-state index in [-0.39, 0.29) is 0 Å². The lowest BCUT2D eigenvalue weighted by molar-refractivity contribution is 0.446. The van der Waals surface area contributed by atoms with Crippen LogP contribution < -0.4 is 5.32 Å². The van der Waals surface area contributed by atoms with Crippen molar-refractivity contribution in [2.24, 2.45) is 0 Å².